The molecule has 0 unspecified atom stereocenters. The number of carbonyl (C=O) groups excluding carboxylic acids is 1. The van der Waals surface area contributed by atoms with Gasteiger partial charge in [0.2, 0.25) is 0 Å². The zero-order valence-electron chi connectivity index (χ0n) is 13.9. The minimum absolute atomic E-state index is 0.0975. The third kappa shape index (κ3) is 4.38. The number of rotatable bonds is 5. The van der Waals surface area contributed by atoms with Crippen molar-refractivity contribution >= 4 is 34.5 Å². The fraction of sp³-hybridized carbons (Fsp3) is 0.421. The lowest BCUT2D eigenvalue weighted by molar-refractivity contribution is 0.103. The van der Waals surface area contributed by atoms with Crippen LogP contribution < -0.4 is 5.32 Å². The van der Waals surface area contributed by atoms with Crippen molar-refractivity contribution in [2.45, 2.75) is 44.7 Å². The summed E-state index contributed by atoms with van der Waals surface area (Å²) < 4.78 is 0.630. The van der Waals surface area contributed by atoms with Gasteiger partial charge in [-0.15, -0.1) is 11.3 Å². The van der Waals surface area contributed by atoms with Crippen molar-refractivity contribution in [1.29, 1.82) is 0 Å². The molecular weight excluding hydrogens is 340 g/mol. The maximum atomic E-state index is 12.4. The van der Waals surface area contributed by atoms with Crippen LogP contribution in [0.1, 0.15) is 47.3 Å². The largest absolute Gasteiger partial charge is 0.321 e. The van der Waals surface area contributed by atoms with Crippen LogP contribution in [0, 0.1) is 0 Å². The fourth-order valence-corrected chi connectivity index (χ4v) is 4.26. The van der Waals surface area contributed by atoms with Crippen LogP contribution in [0.25, 0.3) is 0 Å². The van der Waals surface area contributed by atoms with Gasteiger partial charge < -0.3 is 5.32 Å². The summed E-state index contributed by atoms with van der Waals surface area (Å²) >= 11 is 7.23. The summed E-state index contributed by atoms with van der Waals surface area (Å²) in [6.45, 7) is 0.853. The van der Waals surface area contributed by atoms with Gasteiger partial charge >= 0.3 is 0 Å². The van der Waals surface area contributed by atoms with Gasteiger partial charge in [0.1, 0.15) is 0 Å². The summed E-state index contributed by atoms with van der Waals surface area (Å²) in [7, 11) is 2.19. The lowest BCUT2D eigenvalue weighted by Gasteiger charge is -2.31. The summed E-state index contributed by atoms with van der Waals surface area (Å²) in [5, 5.41) is 3.03. The van der Waals surface area contributed by atoms with Crippen LogP contribution in [0.15, 0.2) is 36.4 Å². The van der Waals surface area contributed by atoms with Gasteiger partial charge in [-0.05, 0) is 43.7 Å². The van der Waals surface area contributed by atoms with Gasteiger partial charge in [0.25, 0.3) is 5.91 Å². The van der Waals surface area contributed by atoms with E-state index in [2.05, 4.69) is 23.3 Å². The van der Waals surface area contributed by atoms with Crippen LogP contribution in [-0.4, -0.2) is 23.9 Å². The first kappa shape index (κ1) is 17.5. The van der Waals surface area contributed by atoms with Crippen LogP contribution in [-0.2, 0) is 6.54 Å². The first-order chi connectivity index (χ1) is 11.6. The minimum atomic E-state index is -0.0975. The highest BCUT2D eigenvalue weighted by Gasteiger charge is 2.19. The Morgan fingerprint density at radius 1 is 1.21 bits per heavy atom. The zero-order valence-corrected chi connectivity index (χ0v) is 15.5. The van der Waals surface area contributed by atoms with Crippen molar-refractivity contribution in [3.8, 4) is 0 Å². The average Bonchev–Trinajstić information content (AvgIpc) is 3.04. The van der Waals surface area contributed by atoms with E-state index >= 15 is 0 Å². The number of hydrogen-bond donors (Lipinski definition) is 1. The molecule has 1 N–H and O–H groups in total. The van der Waals surface area contributed by atoms with Gasteiger partial charge in [0.15, 0.2) is 0 Å². The third-order valence-corrected chi connectivity index (χ3v) is 5.91. The lowest BCUT2D eigenvalue weighted by atomic mass is 9.94. The molecule has 0 saturated heterocycles. The summed E-state index contributed by atoms with van der Waals surface area (Å²) in [5.41, 5.74) is 2.04. The van der Waals surface area contributed by atoms with Gasteiger partial charge in [-0.3, -0.25) is 9.69 Å². The van der Waals surface area contributed by atoms with E-state index in [4.69, 9.17) is 11.6 Å². The Balaban J connectivity index is 1.69. The molecule has 1 aromatic carbocycles. The number of nitrogens with zero attached hydrogens (tertiary/aromatic N) is 1. The molecule has 0 spiro atoms. The molecule has 3 rings (SSSR count). The molecule has 3 nitrogen and oxygen atoms in total. The number of amides is 1. The molecular formula is C19H23ClN2OS. The maximum absolute atomic E-state index is 12.4. The van der Waals surface area contributed by atoms with E-state index in [1.807, 2.05) is 18.2 Å². The maximum Gasteiger partial charge on any atom is 0.265 e. The predicted octanol–water partition coefficient (Wildman–Crippen LogP) is 5.42. The van der Waals surface area contributed by atoms with E-state index in [1.165, 1.54) is 43.4 Å². The van der Waals surface area contributed by atoms with Gasteiger partial charge in [-0.2, -0.15) is 0 Å². The molecule has 1 heterocycles. The van der Waals surface area contributed by atoms with E-state index in [-0.39, 0.29) is 5.91 Å². The summed E-state index contributed by atoms with van der Waals surface area (Å²) in [6.07, 6.45) is 6.57. The van der Waals surface area contributed by atoms with Crippen molar-refractivity contribution in [3.63, 3.8) is 0 Å². The lowest BCUT2D eigenvalue weighted by Crippen LogP contribution is -2.33. The first-order valence-corrected chi connectivity index (χ1v) is 9.68. The number of hydrogen-bond acceptors (Lipinski definition) is 3. The summed E-state index contributed by atoms with van der Waals surface area (Å²) in [4.78, 5) is 15.5. The quantitative estimate of drug-likeness (QED) is 0.770. The van der Waals surface area contributed by atoms with Crippen LogP contribution in [0.5, 0.6) is 0 Å². The smallest absolute Gasteiger partial charge is 0.265 e. The van der Waals surface area contributed by atoms with Crippen LogP contribution >= 0.6 is 22.9 Å². The molecule has 128 valence electrons. The fourth-order valence-electron chi connectivity index (χ4n) is 3.32. The van der Waals surface area contributed by atoms with Gasteiger partial charge in [0, 0.05) is 18.3 Å². The van der Waals surface area contributed by atoms with Crippen molar-refractivity contribution < 1.29 is 4.79 Å². The third-order valence-electron chi connectivity index (χ3n) is 4.68. The molecule has 0 bridgehead atoms. The Morgan fingerprint density at radius 2 is 1.96 bits per heavy atom. The molecule has 1 saturated carbocycles. The second-order valence-electron chi connectivity index (χ2n) is 6.42. The first-order valence-electron chi connectivity index (χ1n) is 8.48. The van der Waals surface area contributed by atoms with Crippen molar-refractivity contribution in [1.82, 2.24) is 4.90 Å². The van der Waals surface area contributed by atoms with Gasteiger partial charge in [-0.1, -0.05) is 49.1 Å². The zero-order chi connectivity index (χ0) is 16.9. The second kappa shape index (κ2) is 8.15. The van der Waals surface area contributed by atoms with E-state index in [0.717, 1.165) is 17.8 Å². The monoisotopic (exact) mass is 362 g/mol. The summed E-state index contributed by atoms with van der Waals surface area (Å²) in [5.74, 6) is -0.0975. The molecule has 1 aliphatic carbocycles. The Bertz CT molecular complexity index is 694. The Morgan fingerprint density at radius 3 is 2.67 bits per heavy atom. The molecule has 1 aromatic heterocycles. The molecule has 5 heteroatoms. The topological polar surface area (TPSA) is 32.3 Å². The molecule has 2 aromatic rings. The van der Waals surface area contributed by atoms with Crippen molar-refractivity contribution in [2.24, 2.45) is 0 Å². The Labute approximate surface area is 152 Å². The van der Waals surface area contributed by atoms with Gasteiger partial charge in [-0.25, -0.2) is 0 Å². The van der Waals surface area contributed by atoms with E-state index in [9.17, 15) is 4.79 Å². The standard InChI is InChI=1S/C19H23ClN2OS/c1-22(15-8-3-2-4-9-15)13-14-7-5-6-10-16(14)21-19(23)17-11-12-18(20)24-17/h5-7,10-12,15H,2-4,8-9,13H2,1H3,(H,21,23). The number of halogens is 1. The van der Waals surface area contributed by atoms with Crippen molar-refractivity contribution in [2.75, 3.05) is 12.4 Å². The molecule has 0 atom stereocenters. The highest BCUT2D eigenvalue weighted by Crippen LogP contribution is 2.26. The summed E-state index contributed by atoms with van der Waals surface area (Å²) in [6, 6.07) is 12.2. The normalized spacial score (nSPS) is 15.6. The Hall–Kier alpha value is -1.36. The number of nitrogens with one attached hydrogen (secondary N) is 1. The van der Waals surface area contributed by atoms with Crippen LogP contribution in [0.2, 0.25) is 4.34 Å². The molecule has 0 aliphatic heterocycles. The molecule has 1 aliphatic rings. The SMILES string of the molecule is CN(Cc1ccccc1NC(=O)c1ccc(Cl)s1)C1CCCCC1. The molecule has 0 radical (unpaired) electrons. The molecule has 1 amide bonds. The minimum Gasteiger partial charge on any atom is -0.321 e. The number of benzene rings is 1. The van der Waals surface area contributed by atoms with E-state index < -0.39 is 0 Å². The number of thiophene rings is 1. The average molecular weight is 363 g/mol. The highest BCUT2D eigenvalue weighted by atomic mass is 35.5. The molecule has 1 fully saturated rings. The number of anilines is 1. The van der Waals surface area contributed by atoms with Gasteiger partial charge in [0.05, 0.1) is 9.21 Å². The van der Waals surface area contributed by atoms with Crippen molar-refractivity contribution in [3.05, 3.63) is 51.2 Å². The van der Waals surface area contributed by atoms with Crippen LogP contribution in [0.3, 0.4) is 0 Å². The molecule has 24 heavy (non-hydrogen) atoms. The highest BCUT2D eigenvalue weighted by molar-refractivity contribution is 7.18. The van der Waals surface area contributed by atoms with E-state index in [1.54, 1.807) is 12.1 Å². The second-order valence-corrected chi connectivity index (χ2v) is 8.14. The Kier molecular flexibility index (Phi) is 5.93. The van der Waals surface area contributed by atoms with E-state index in [0.29, 0.717) is 15.3 Å². The number of carbonyl (C=O) groups is 1. The van der Waals surface area contributed by atoms with Crippen LogP contribution in [0.4, 0.5) is 5.69 Å². The number of para-hydroxylation sites is 1. The predicted molar refractivity (Wildman–Crippen MR) is 102 cm³/mol.